The molecule has 9 heteroatoms. The third-order valence-electron chi connectivity index (χ3n) is 8.26. The third kappa shape index (κ3) is 3.02. The van der Waals surface area contributed by atoms with Crippen LogP contribution >= 0.6 is 0 Å². The van der Waals surface area contributed by atoms with Crippen molar-refractivity contribution in [2.45, 2.75) is 37.4 Å². The topological polar surface area (TPSA) is 111 Å². The highest BCUT2D eigenvalue weighted by Gasteiger charge is 2.73. The first-order chi connectivity index (χ1) is 17.9. The van der Waals surface area contributed by atoms with Crippen LogP contribution in [0.4, 0.5) is 5.69 Å². The molecule has 2 bridgehead atoms. The number of anilines is 1. The standard InChI is InChI=1S/C28H23N3O6/c1-27-8-9-28(37-27,10-12-34-17-5-7-20-21(13-17)36-15-35-20)23-22(27)25(32)31(26(23)33)19-6-4-16(14-29)24-18(19)3-2-11-30-24/h2-7,11,13,22-23H,8-10,12,15H2,1H3/t22-,23+,27-,28-/m0/s1. The van der Waals surface area contributed by atoms with Gasteiger partial charge in [-0.1, -0.05) is 0 Å². The molecular formula is C28H23N3O6. The van der Waals surface area contributed by atoms with Crippen molar-refractivity contribution in [1.29, 1.82) is 5.26 Å². The van der Waals surface area contributed by atoms with E-state index >= 15 is 0 Å². The molecule has 7 rings (SSSR count). The number of carbonyl (C=O) groups is 2. The van der Waals surface area contributed by atoms with Crippen LogP contribution in [-0.4, -0.2) is 41.4 Å². The molecule has 186 valence electrons. The lowest BCUT2D eigenvalue weighted by Gasteiger charge is -2.31. The number of imide groups is 1. The molecule has 0 N–H and O–H groups in total. The van der Waals surface area contributed by atoms with Gasteiger partial charge < -0.3 is 18.9 Å². The van der Waals surface area contributed by atoms with E-state index in [2.05, 4.69) is 11.1 Å². The maximum Gasteiger partial charge on any atom is 0.240 e. The van der Waals surface area contributed by atoms with E-state index in [1.165, 1.54) is 4.90 Å². The van der Waals surface area contributed by atoms with E-state index in [4.69, 9.17) is 18.9 Å². The van der Waals surface area contributed by atoms with Crippen LogP contribution in [0.25, 0.3) is 10.9 Å². The summed E-state index contributed by atoms with van der Waals surface area (Å²) >= 11 is 0. The average Bonchev–Trinajstić information content (AvgIpc) is 3.63. The average molecular weight is 498 g/mol. The van der Waals surface area contributed by atoms with E-state index in [0.29, 0.717) is 65.3 Å². The highest BCUT2D eigenvalue weighted by atomic mass is 16.7. The van der Waals surface area contributed by atoms with Crippen molar-refractivity contribution in [3.63, 3.8) is 0 Å². The molecule has 0 radical (unpaired) electrons. The molecule has 3 fully saturated rings. The molecule has 4 aliphatic rings. The Hall–Kier alpha value is -4.16. The minimum Gasteiger partial charge on any atom is -0.493 e. The van der Waals surface area contributed by atoms with E-state index in [9.17, 15) is 14.9 Å². The Bertz CT molecular complexity index is 1530. The smallest absolute Gasteiger partial charge is 0.240 e. The van der Waals surface area contributed by atoms with Crippen LogP contribution in [0.15, 0.2) is 48.7 Å². The van der Waals surface area contributed by atoms with Gasteiger partial charge in [-0.15, -0.1) is 0 Å². The van der Waals surface area contributed by atoms with E-state index in [-0.39, 0.29) is 18.6 Å². The number of aromatic nitrogens is 1. The summed E-state index contributed by atoms with van der Waals surface area (Å²) in [4.78, 5) is 33.4. The van der Waals surface area contributed by atoms with Crippen molar-refractivity contribution in [3.8, 4) is 23.3 Å². The first-order valence-corrected chi connectivity index (χ1v) is 12.3. The van der Waals surface area contributed by atoms with Gasteiger partial charge in [0.2, 0.25) is 18.6 Å². The van der Waals surface area contributed by atoms with Gasteiger partial charge in [0.25, 0.3) is 0 Å². The largest absolute Gasteiger partial charge is 0.493 e. The summed E-state index contributed by atoms with van der Waals surface area (Å²) in [5.41, 5.74) is -0.173. The van der Waals surface area contributed by atoms with Crippen LogP contribution in [0.5, 0.6) is 17.2 Å². The maximum absolute atomic E-state index is 14.0. The Labute approximate surface area is 212 Å². The van der Waals surface area contributed by atoms with E-state index in [1.807, 2.05) is 13.0 Å². The number of nitrogens with zero attached hydrogens (tertiary/aromatic N) is 3. The van der Waals surface area contributed by atoms with Crippen LogP contribution in [0.3, 0.4) is 0 Å². The number of pyridine rings is 1. The molecule has 2 aromatic carbocycles. The summed E-state index contributed by atoms with van der Waals surface area (Å²) in [6.45, 7) is 2.45. The number of hydrogen-bond acceptors (Lipinski definition) is 8. The minimum atomic E-state index is -0.780. The number of amides is 2. The Morgan fingerprint density at radius 2 is 1.95 bits per heavy atom. The minimum absolute atomic E-state index is 0.189. The second-order valence-corrected chi connectivity index (χ2v) is 10.2. The lowest BCUT2D eigenvalue weighted by Crippen LogP contribution is -2.43. The Morgan fingerprint density at radius 1 is 1.11 bits per heavy atom. The predicted octanol–water partition coefficient (Wildman–Crippen LogP) is 3.73. The van der Waals surface area contributed by atoms with Gasteiger partial charge in [-0.2, -0.15) is 5.26 Å². The molecule has 2 amide bonds. The van der Waals surface area contributed by atoms with Crippen LogP contribution in [0.1, 0.15) is 31.7 Å². The first-order valence-electron chi connectivity index (χ1n) is 12.3. The van der Waals surface area contributed by atoms with Gasteiger partial charge in [0.05, 0.1) is 46.4 Å². The Balaban J connectivity index is 1.19. The zero-order valence-electron chi connectivity index (χ0n) is 20.1. The molecule has 4 aliphatic heterocycles. The SMILES string of the molecule is C[C@@]12CC[C@@](CCOc3ccc4c(c3)OCO4)(O1)[C@H]1C(=O)N(c3ccc(C#N)c4ncccc34)C(=O)[C@H]12. The van der Waals surface area contributed by atoms with Crippen LogP contribution < -0.4 is 19.1 Å². The molecule has 0 spiro atoms. The number of benzene rings is 2. The van der Waals surface area contributed by atoms with Gasteiger partial charge in [0.1, 0.15) is 11.8 Å². The summed E-state index contributed by atoms with van der Waals surface area (Å²) < 4.78 is 23.3. The van der Waals surface area contributed by atoms with E-state index in [1.54, 1.807) is 42.6 Å². The van der Waals surface area contributed by atoms with Crippen molar-refractivity contribution >= 4 is 28.4 Å². The van der Waals surface area contributed by atoms with Gasteiger partial charge in [-0.25, -0.2) is 4.90 Å². The molecule has 0 unspecified atom stereocenters. The van der Waals surface area contributed by atoms with Crippen LogP contribution in [0, 0.1) is 23.2 Å². The highest BCUT2D eigenvalue weighted by molar-refractivity contribution is 6.26. The molecule has 0 aliphatic carbocycles. The zero-order valence-corrected chi connectivity index (χ0v) is 20.1. The summed E-state index contributed by atoms with van der Waals surface area (Å²) in [6, 6.07) is 14.3. The zero-order chi connectivity index (χ0) is 25.4. The fourth-order valence-corrected chi connectivity index (χ4v) is 6.60. The van der Waals surface area contributed by atoms with Gasteiger partial charge in [0.15, 0.2) is 11.5 Å². The van der Waals surface area contributed by atoms with Gasteiger partial charge in [0, 0.05) is 24.1 Å². The van der Waals surface area contributed by atoms with Crippen molar-refractivity contribution in [3.05, 3.63) is 54.2 Å². The molecule has 1 aromatic heterocycles. The van der Waals surface area contributed by atoms with E-state index in [0.717, 1.165) is 0 Å². The Kier molecular flexibility index (Phi) is 4.57. The van der Waals surface area contributed by atoms with Crippen molar-refractivity contribution in [1.82, 2.24) is 4.98 Å². The Morgan fingerprint density at radius 3 is 2.81 bits per heavy atom. The van der Waals surface area contributed by atoms with Crippen LogP contribution in [-0.2, 0) is 14.3 Å². The molecule has 37 heavy (non-hydrogen) atoms. The molecule has 3 saturated heterocycles. The van der Waals surface area contributed by atoms with E-state index < -0.39 is 23.0 Å². The quantitative estimate of drug-likeness (QED) is 0.491. The van der Waals surface area contributed by atoms with Crippen molar-refractivity contribution in [2.24, 2.45) is 11.8 Å². The molecule has 3 aromatic rings. The van der Waals surface area contributed by atoms with Gasteiger partial charge in [-0.3, -0.25) is 14.6 Å². The van der Waals surface area contributed by atoms with Gasteiger partial charge >= 0.3 is 0 Å². The number of rotatable bonds is 5. The van der Waals surface area contributed by atoms with Gasteiger partial charge in [-0.05, 0) is 56.2 Å². The fraction of sp³-hybridized carbons (Fsp3) is 0.357. The second-order valence-electron chi connectivity index (χ2n) is 10.2. The monoisotopic (exact) mass is 497 g/mol. The molecule has 5 heterocycles. The summed E-state index contributed by atoms with van der Waals surface area (Å²) in [7, 11) is 0. The number of fused-ring (bicyclic) bond motifs is 7. The number of nitriles is 1. The number of carbonyl (C=O) groups excluding carboxylic acids is 2. The number of ether oxygens (including phenoxy) is 4. The summed E-state index contributed by atoms with van der Waals surface area (Å²) in [5.74, 6) is 0.269. The van der Waals surface area contributed by atoms with Crippen molar-refractivity contribution < 1.29 is 28.5 Å². The molecular weight excluding hydrogens is 474 g/mol. The predicted molar refractivity (Wildman–Crippen MR) is 130 cm³/mol. The molecule has 0 saturated carbocycles. The summed E-state index contributed by atoms with van der Waals surface area (Å²) in [6.07, 6.45) is 3.44. The van der Waals surface area contributed by atoms with Crippen LogP contribution in [0.2, 0.25) is 0 Å². The lowest BCUT2D eigenvalue weighted by molar-refractivity contribution is -0.131. The molecule has 9 nitrogen and oxygen atoms in total. The first kappa shape index (κ1) is 22.1. The second kappa shape index (κ2) is 7.67. The number of hydrogen-bond donors (Lipinski definition) is 0. The molecule has 4 atom stereocenters. The highest BCUT2D eigenvalue weighted by Crippen LogP contribution is 2.62. The fourth-order valence-electron chi connectivity index (χ4n) is 6.60. The summed E-state index contributed by atoms with van der Waals surface area (Å²) in [5, 5.41) is 10.1. The normalized spacial score (nSPS) is 29.1. The third-order valence-corrected chi connectivity index (χ3v) is 8.26. The maximum atomic E-state index is 14.0. The lowest BCUT2D eigenvalue weighted by atomic mass is 9.67. The van der Waals surface area contributed by atoms with Crippen molar-refractivity contribution in [2.75, 3.05) is 18.3 Å².